The molecule has 0 radical (unpaired) electrons. The van der Waals surface area contributed by atoms with Crippen LogP contribution >= 0.6 is 23.2 Å². The number of likely N-dealkylation sites (tertiary alicyclic amines) is 1. The Balaban J connectivity index is 1.86. The van der Waals surface area contributed by atoms with E-state index in [1.54, 1.807) is 23.1 Å². The number of ether oxygens (including phenoxy) is 1. The van der Waals surface area contributed by atoms with Gasteiger partial charge >= 0.3 is 0 Å². The number of halogens is 2. The number of rotatable bonds is 3. The molecular weight excluding hydrogens is 289 g/mol. The molecule has 1 saturated heterocycles. The summed E-state index contributed by atoms with van der Waals surface area (Å²) in [6, 6.07) is 4.86. The minimum absolute atomic E-state index is 0.0581. The fourth-order valence-corrected chi connectivity index (χ4v) is 2.40. The van der Waals surface area contributed by atoms with E-state index in [9.17, 15) is 9.90 Å². The predicted octanol–water partition coefficient (Wildman–Crippen LogP) is 2.36. The standard InChI is InChI=1S/C13H15Cl2NO3/c14-9-1-2-12(11(15)7-9)19-8-13(18)16-5-3-10(17)4-6-16/h1-2,7,10,17H,3-6,8H2. The monoisotopic (exact) mass is 303 g/mol. The molecule has 0 aliphatic carbocycles. The van der Waals surface area contributed by atoms with Gasteiger partial charge in [0.05, 0.1) is 11.1 Å². The van der Waals surface area contributed by atoms with Gasteiger partial charge in [0.25, 0.3) is 5.91 Å². The summed E-state index contributed by atoms with van der Waals surface area (Å²) in [5, 5.41) is 10.3. The summed E-state index contributed by atoms with van der Waals surface area (Å²) in [5.41, 5.74) is 0. The van der Waals surface area contributed by atoms with Gasteiger partial charge in [0, 0.05) is 18.1 Å². The normalized spacial score (nSPS) is 16.5. The van der Waals surface area contributed by atoms with Crippen LogP contribution in [0.25, 0.3) is 0 Å². The lowest BCUT2D eigenvalue weighted by atomic mass is 10.1. The first-order valence-electron chi connectivity index (χ1n) is 6.10. The SMILES string of the molecule is O=C(COc1ccc(Cl)cc1Cl)N1CCC(O)CC1. The topological polar surface area (TPSA) is 49.8 Å². The molecule has 1 fully saturated rings. The molecular formula is C13H15Cl2NO3. The van der Waals surface area contributed by atoms with Crippen LogP contribution in [0.2, 0.25) is 10.0 Å². The third-order valence-corrected chi connectivity index (χ3v) is 3.59. The summed E-state index contributed by atoms with van der Waals surface area (Å²) in [6.07, 6.45) is 0.941. The number of aliphatic hydroxyl groups excluding tert-OH is 1. The van der Waals surface area contributed by atoms with Gasteiger partial charge in [-0.3, -0.25) is 4.79 Å². The summed E-state index contributed by atoms with van der Waals surface area (Å²) in [7, 11) is 0. The zero-order valence-corrected chi connectivity index (χ0v) is 11.8. The van der Waals surface area contributed by atoms with Gasteiger partial charge in [-0.1, -0.05) is 23.2 Å². The number of benzene rings is 1. The van der Waals surface area contributed by atoms with Crippen molar-refractivity contribution in [1.82, 2.24) is 4.90 Å². The van der Waals surface area contributed by atoms with Crippen molar-refractivity contribution in [3.63, 3.8) is 0 Å². The van der Waals surface area contributed by atoms with Gasteiger partial charge in [-0.15, -0.1) is 0 Å². The van der Waals surface area contributed by atoms with Gasteiger partial charge in [-0.05, 0) is 31.0 Å². The molecule has 0 atom stereocenters. The Labute approximate surface area is 121 Å². The van der Waals surface area contributed by atoms with E-state index in [4.69, 9.17) is 27.9 Å². The third kappa shape index (κ3) is 4.00. The number of hydrogen-bond donors (Lipinski definition) is 1. The lowest BCUT2D eigenvalue weighted by molar-refractivity contribution is -0.135. The molecule has 1 aliphatic heterocycles. The highest BCUT2D eigenvalue weighted by Crippen LogP contribution is 2.27. The van der Waals surface area contributed by atoms with Crippen molar-refractivity contribution in [2.24, 2.45) is 0 Å². The summed E-state index contributed by atoms with van der Waals surface area (Å²) < 4.78 is 5.39. The zero-order valence-electron chi connectivity index (χ0n) is 10.3. The Morgan fingerprint density at radius 2 is 2.05 bits per heavy atom. The maximum atomic E-state index is 11.9. The molecule has 1 heterocycles. The molecule has 1 N–H and O–H groups in total. The van der Waals surface area contributed by atoms with Crippen molar-refractivity contribution in [3.05, 3.63) is 28.2 Å². The molecule has 0 bridgehead atoms. The van der Waals surface area contributed by atoms with Crippen LogP contribution in [0, 0.1) is 0 Å². The van der Waals surface area contributed by atoms with Crippen LogP contribution in [0.4, 0.5) is 0 Å². The molecule has 6 heteroatoms. The number of piperidine rings is 1. The molecule has 1 aromatic rings. The number of amides is 1. The van der Waals surface area contributed by atoms with Crippen LogP contribution in [0.15, 0.2) is 18.2 Å². The molecule has 0 saturated carbocycles. The molecule has 1 amide bonds. The average molecular weight is 304 g/mol. The van der Waals surface area contributed by atoms with Gasteiger partial charge < -0.3 is 14.7 Å². The largest absolute Gasteiger partial charge is 0.482 e. The number of aliphatic hydroxyl groups is 1. The number of nitrogens with zero attached hydrogens (tertiary/aromatic N) is 1. The number of carbonyl (C=O) groups is 1. The molecule has 1 aliphatic rings. The highest BCUT2D eigenvalue weighted by atomic mass is 35.5. The van der Waals surface area contributed by atoms with Gasteiger partial charge in [-0.25, -0.2) is 0 Å². The van der Waals surface area contributed by atoms with E-state index in [1.165, 1.54) is 0 Å². The van der Waals surface area contributed by atoms with Crippen molar-refractivity contribution >= 4 is 29.1 Å². The Morgan fingerprint density at radius 3 is 2.68 bits per heavy atom. The highest BCUT2D eigenvalue weighted by Gasteiger charge is 2.21. The van der Waals surface area contributed by atoms with Gasteiger partial charge in [0.15, 0.2) is 6.61 Å². The van der Waals surface area contributed by atoms with Crippen LogP contribution < -0.4 is 4.74 Å². The summed E-state index contributed by atoms with van der Waals surface area (Å²) in [4.78, 5) is 13.6. The van der Waals surface area contributed by atoms with Crippen molar-refractivity contribution in [3.8, 4) is 5.75 Å². The van der Waals surface area contributed by atoms with Gasteiger partial charge in [0.1, 0.15) is 5.75 Å². The second kappa shape index (κ2) is 6.46. The van der Waals surface area contributed by atoms with Gasteiger partial charge in [-0.2, -0.15) is 0 Å². The fraction of sp³-hybridized carbons (Fsp3) is 0.462. The lowest BCUT2D eigenvalue weighted by Gasteiger charge is -2.29. The smallest absolute Gasteiger partial charge is 0.260 e. The van der Waals surface area contributed by atoms with E-state index in [2.05, 4.69) is 0 Å². The average Bonchev–Trinajstić information content (AvgIpc) is 2.38. The Morgan fingerprint density at radius 1 is 1.37 bits per heavy atom. The van der Waals surface area contributed by atoms with Gasteiger partial charge in [0.2, 0.25) is 0 Å². The quantitative estimate of drug-likeness (QED) is 0.932. The minimum Gasteiger partial charge on any atom is -0.482 e. The van der Waals surface area contributed by atoms with E-state index >= 15 is 0 Å². The molecule has 19 heavy (non-hydrogen) atoms. The van der Waals surface area contributed by atoms with Crippen molar-refractivity contribution in [2.45, 2.75) is 18.9 Å². The summed E-state index contributed by atoms with van der Waals surface area (Å²) in [6.45, 7) is 1.08. The van der Waals surface area contributed by atoms with Crippen molar-refractivity contribution < 1.29 is 14.6 Å². The lowest BCUT2D eigenvalue weighted by Crippen LogP contribution is -2.42. The Bertz CT molecular complexity index is 459. The van der Waals surface area contributed by atoms with Crippen LogP contribution in [0.1, 0.15) is 12.8 Å². The number of carbonyl (C=O) groups excluding carboxylic acids is 1. The maximum absolute atomic E-state index is 11.9. The third-order valence-electron chi connectivity index (χ3n) is 3.06. The maximum Gasteiger partial charge on any atom is 0.260 e. The first-order chi connectivity index (χ1) is 9.06. The molecule has 4 nitrogen and oxygen atoms in total. The summed E-state index contributed by atoms with van der Waals surface area (Å²) in [5.74, 6) is 0.342. The van der Waals surface area contributed by atoms with E-state index in [0.717, 1.165) is 0 Å². The Hall–Kier alpha value is -0.970. The minimum atomic E-state index is -0.296. The summed E-state index contributed by atoms with van der Waals surface area (Å²) >= 11 is 11.7. The molecule has 0 spiro atoms. The van der Waals surface area contributed by atoms with E-state index in [-0.39, 0.29) is 18.6 Å². The second-order valence-electron chi connectivity index (χ2n) is 4.48. The Kier molecular flexibility index (Phi) is 4.91. The molecule has 0 aromatic heterocycles. The van der Waals surface area contributed by atoms with Crippen molar-refractivity contribution in [2.75, 3.05) is 19.7 Å². The molecule has 2 rings (SSSR count). The fourth-order valence-electron chi connectivity index (χ4n) is 1.94. The van der Waals surface area contributed by atoms with E-state index in [1.807, 2.05) is 0 Å². The zero-order chi connectivity index (χ0) is 13.8. The van der Waals surface area contributed by atoms with Crippen molar-refractivity contribution in [1.29, 1.82) is 0 Å². The molecule has 104 valence electrons. The van der Waals surface area contributed by atoms with Crippen LogP contribution in [0.5, 0.6) is 5.75 Å². The second-order valence-corrected chi connectivity index (χ2v) is 5.32. The predicted molar refractivity (Wildman–Crippen MR) is 73.8 cm³/mol. The van der Waals surface area contributed by atoms with Crippen LogP contribution in [0.3, 0.4) is 0 Å². The van der Waals surface area contributed by atoms with Crippen LogP contribution in [-0.4, -0.2) is 41.7 Å². The number of hydrogen-bond acceptors (Lipinski definition) is 3. The van der Waals surface area contributed by atoms with Crippen LogP contribution in [-0.2, 0) is 4.79 Å². The molecule has 0 unspecified atom stereocenters. The van der Waals surface area contributed by atoms with E-state index in [0.29, 0.717) is 41.7 Å². The van der Waals surface area contributed by atoms with E-state index < -0.39 is 0 Å². The molecule has 1 aromatic carbocycles. The highest BCUT2D eigenvalue weighted by molar-refractivity contribution is 6.35. The first kappa shape index (κ1) is 14.4. The first-order valence-corrected chi connectivity index (χ1v) is 6.85.